The van der Waals surface area contributed by atoms with Crippen molar-refractivity contribution in [2.45, 2.75) is 32.0 Å². The number of carbonyl (C=O) groups excluding carboxylic acids is 1. The topological polar surface area (TPSA) is 84.6 Å². The number of aliphatic hydroxyl groups is 1. The van der Waals surface area contributed by atoms with E-state index >= 15 is 0 Å². The molecule has 1 aromatic carbocycles. The summed E-state index contributed by atoms with van der Waals surface area (Å²) < 4.78 is 10.9. The van der Waals surface area contributed by atoms with Crippen molar-refractivity contribution in [3.8, 4) is 0 Å². The largest absolute Gasteiger partial charge is 0.445 e. The Morgan fingerprint density at radius 3 is 3.04 bits per heavy atom. The molecule has 0 spiro atoms. The molecule has 2 heterocycles. The fourth-order valence-corrected chi connectivity index (χ4v) is 2.78. The lowest BCUT2D eigenvalue weighted by Crippen LogP contribution is -2.29. The molecule has 2 N–H and O–H groups in total. The molecule has 1 aromatic heterocycles. The van der Waals surface area contributed by atoms with Crippen molar-refractivity contribution in [3.63, 3.8) is 0 Å². The number of hydrogen-bond donors (Lipinski definition) is 2. The van der Waals surface area contributed by atoms with Gasteiger partial charge in [0.05, 0.1) is 6.10 Å². The number of carbonyl (C=O) groups is 1. The Bertz CT molecular complexity index is 677. The predicted molar refractivity (Wildman–Crippen MR) is 82.9 cm³/mol. The Kier molecular flexibility index (Phi) is 4.73. The van der Waals surface area contributed by atoms with Crippen LogP contribution in [-0.2, 0) is 4.74 Å². The van der Waals surface area contributed by atoms with Gasteiger partial charge in [-0.3, -0.25) is 4.79 Å². The van der Waals surface area contributed by atoms with Crippen molar-refractivity contribution in [2.75, 3.05) is 13.2 Å². The molecule has 0 saturated carbocycles. The van der Waals surface area contributed by atoms with Crippen LogP contribution >= 0.6 is 0 Å². The number of aromatic nitrogens is 1. The van der Waals surface area contributed by atoms with Crippen LogP contribution in [0.4, 0.5) is 0 Å². The summed E-state index contributed by atoms with van der Waals surface area (Å²) >= 11 is 0. The third kappa shape index (κ3) is 3.43. The first-order valence-corrected chi connectivity index (χ1v) is 7.73. The molecule has 2 atom stereocenters. The Morgan fingerprint density at radius 1 is 1.48 bits per heavy atom. The first-order chi connectivity index (χ1) is 11.2. The maximum absolute atomic E-state index is 12.3. The van der Waals surface area contributed by atoms with E-state index in [1.165, 1.54) is 6.39 Å². The summed E-state index contributed by atoms with van der Waals surface area (Å²) in [7, 11) is 0. The average Bonchev–Trinajstić information content (AvgIpc) is 3.23. The van der Waals surface area contributed by atoms with Gasteiger partial charge in [-0.25, -0.2) is 4.98 Å². The summed E-state index contributed by atoms with van der Waals surface area (Å²) in [5.41, 5.74) is 2.01. The van der Waals surface area contributed by atoms with Crippen LogP contribution in [0.1, 0.15) is 52.4 Å². The first-order valence-electron chi connectivity index (χ1n) is 7.73. The number of ether oxygens (including phenoxy) is 1. The Labute approximate surface area is 134 Å². The second-order valence-corrected chi connectivity index (χ2v) is 5.65. The van der Waals surface area contributed by atoms with Crippen molar-refractivity contribution in [1.82, 2.24) is 10.3 Å². The number of nitrogens with one attached hydrogen (secondary N) is 1. The molecule has 1 aliphatic heterocycles. The smallest absolute Gasteiger partial charge is 0.273 e. The van der Waals surface area contributed by atoms with Gasteiger partial charge in [0.25, 0.3) is 5.91 Å². The van der Waals surface area contributed by atoms with Crippen molar-refractivity contribution < 1.29 is 19.1 Å². The molecular weight excluding hydrogens is 296 g/mol. The molecule has 0 bridgehead atoms. The van der Waals surface area contributed by atoms with Crippen LogP contribution in [0.2, 0.25) is 0 Å². The number of amides is 1. The molecule has 0 radical (unpaired) electrons. The van der Waals surface area contributed by atoms with Crippen LogP contribution in [0.25, 0.3) is 0 Å². The van der Waals surface area contributed by atoms with Gasteiger partial charge in [-0.1, -0.05) is 24.3 Å². The number of hydrogen-bond acceptors (Lipinski definition) is 5. The van der Waals surface area contributed by atoms with Crippen LogP contribution in [0, 0.1) is 6.92 Å². The summed E-state index contributed by atoms with van der Waals surface area (Å²) in [6.45, 7) is 2.70. The standard InChI is InChI=1S/C17H20N2O4/c1-11-5-2-3-6-12(11)13(20)9-18-17(21)15-16(23-10-19-15)14-7-4-8-22-14/h2-3,5-6,10,13-14,20H,4,7-9H2,1H3,(H,18,21). The van der Waals surface area contributed by atoms with E-state index in [9.17, 15) is 9.90 Å². The maximum atomic E-state index is 12.3. The Balaban J connectivity index is 1.64. The van der Waals surface area contributed by atoms with Gasteiger partial charge in [0.2, 0.25) is 0 Å². The summed E-state index contributed by atoms with van der Waals surface area (Å²) in [6, 6.07) is 7.54. The fraction of sp³-hybridized carbons (Fsp3) is 0.412. The number of aryl methyl sites for hydroxylation is 1. The summed E-state index contributed by atoms with van der Waals surface area (Å²) in [6.07, 6.45) is 2.04. The monoisotopic (exact) mass is 316 g/mol. The predicted octanol–water partition coefficient (Wildman–Crippen LogP) is 2.30. The van der Waals surface area contributed by atoms with Gasteiger partial charge in [-0.05, 0) is 30.9 Å². The molecule has 122 valence electrons. The van der Waals surface area contributed by atoms with E-state index in [0.717, 1.165) is 24.0 Å². The number of benzene rings is 1. The van der Waals surface area contributed by atoms with E-state index in [2.05, 4.69) is 10.3 Å². The van der Waals surface area contributed by atoms with E-state index in [-0.39, 0.29) is 24.2 Å². The van der Waals surface area contributed by atoms with Gasteiger partial charge >= 0.3 is 0 Å². The van der Waals surface area contributed by atoms with Crippen LogP contribution < -0.4 is 5.32 Å². The van der Waals surface area contributed by atoms with E-state index in [0.29, 0.717) is 12.4 Å². The molecular formula is C17H20N2O4. The van der Waals surface area contributed by atoms with Gasteiger partial charge in [-0.2, -0.15) is 0 Å². The minimum Gasteiger partial charge on any atom is -0.445 e. The third-order valence-electron chi connectivity index (χ3n) is 4.04. The third-order valence-corrected chi connectivity index (χ3v) is 4.04. The zero-order chi connectivity index (χ0) is 16.2. The lowest BCUT2D eigenvalue weighted by molar-refractivity contribution is 0.0842. The quantitative estimate of drug-likeness (QED) is 0.884. The lowest BCUT2D eigenvalue weighted by atomic mass is 10.0. The normalized spacial score (nSPS) is 18.8. The highest BCUT2D eigenvalue weighted by Gasteiger charge is 2.28. The highest BCUT2D eigenvalue weighted by Crippen LogP contribution is 2.30. The Morgan fingerprint density at radius 2 is 2.30 bits per heavy atom. The summed E-state index contributed by atoms with van der Waals surface area (Å²) in [4.78, 5) is 16.3. The zero-order valence-corrected chi connectivity index (χ0v) is 13.0. The van der Waals surface area contributed by atoms with E-state index < -0.39 is 6.10 Å². The highest BCUT2D eigenvalue weighted by molar-refractivity contribution is 5.93. The molecule has 1 aliphatic rings. The number of aliphatic hydroxyl groups excluding tert-OH is 1. The maximum Gasteiger partial charge on any atom is 0.273 e. The van der Waals surface area contributed by atoms with Crippen molar-refractivity contribution >= 4 is 5.91 Å². The van der Waals surface area contributed by atoms with E-state index in [1.807, 2.05) is 31.2 Å². The van der Waals surface area contributed by atoms with Crippen LogP contribution in [-0.4, -0.2) is 29.1 Å². The molecule has 2 unspecified atom stereocenters. The summed E-state index contributed by atoms with van der Waals surface area (Å²) in [5.74, 6) is 0.0993. The molecule has 3 rings (SSSR count). The number of nitrogens with zero attached hydrogens (tertiary/aromatic N) is 1. The molecule has 1 amide bonds. The van der Waals surface area contributed by atoms with Crippen molar-refractivity contribution in [1.29, 1.82) is 0 Å². The summed E-state index contributed by atoms with van der Waals surface area (Å²) in [5, 5.41) is 13.0. The van der Waals surface area contributed by atoms with E-state index in [1.54, 1.807) is 0 Å². The van der Waals surface area contributed by atoms with Gasteiger partial charge < -0.3 is 19.6 Å². The van der Waals surface area contributed by atoms with Gasteiger partial charge in [0.15, 0.2) is 17.8 Å². The second-order valence-electron chi connectivity index (χ2n) is 5.65. The second kappa shape index (κ2) is 6.93. The zero-order valence-electron chi connectivity index (χ0n) is 13.0. The van der Waals surface area contributed by atoms with Crippen LogP contribution in [0.3, 0.4) is 0 Å². The lowest BCUT2D eigenvalue weighted by Gasteiger charge is -2.14. The molecule has 6 heteroatoms. The highest BCUT2D eigenvalue weighted by atomic mass is 16.5. The van der Waals surface area contributed by atoms with Crippen LogP contribution in [0.5, 0.6) is 0 Å². The first kappa shape index (κ1) is 15.7. The Hall–Kier alpha value is -2.18. The van der Waals surface area contributed by atoms with E-state index in [4.69, 9.17) is 9.15 Å². The minimum atomic E-state index is -0.766. The molecule has 6 nitrogen and oxygen atoms in total. The number of rotatable bonds is 5. The fourth-order valence-electron chi connectivity index (χ4n) is 2.78. The minimum absolute atomic E-state index is 0.113. The molecule has 0 aliphatic carbocycles. The van der Waals surface area contributed by atoms with Crippen LogP contribution in [0.15, 0.2) is 35.1 Å². The average molecular weight is 316 g/mol. The number of oxazole rings is 1. The molecule has 2 aromatic rings. The SMILES string of the molecule is Cc1ccccc1C(O)CNC(=O)c1ncoc1C1CCCO1. The van der Waals surface area contributed by atoms with Gasteiger partial charge in [-0.15, -0.1) is 0 Å². The van der Waals surface area contributed by atoms with Crippen molar-refractivity contribution in [2.24, 2.45) is 0 Å². The van der Waals surface area contributed by atoms with Gasteiger partial charge in [0, 0.05) is 13.2 Å². The molecule has 23 heavy (non-hydrogen) atoms. The van der Waals surface area contributed by atoms with Crippen molar-refractivity contribution in [3.05, 3.63) is 53.2 Å². The molecule has 1 saturated heterocycles. The molecule has 1 fully saturated rings. The van der Waals surface area contributed by atoms with Gasteiger partial charge in [0.1, 0.15) is 6.10 Å².